The molecule has 0 aliphatic heterocycles. The van der Waals surface area contributed by atoms with Gasteiger partial charge in [-0.25, -0.2) is 0 Å². The van der Waals surface area contributed by atoms with E-state index in [1.165, 1.54) is 4.57 Å². The summed E-state index contributed by atoms with van der Waals surface area (Å²) in [5, 5.41) is 3.10. The highest BCUT2D eigenvalue weighted by atomic mass is 16.5. The van der Waals surface area contributed by atoms with Crippen LogP contribution in [0.1, 0.15) is 41.4 Å². The minimum Gasteiger partial charge on any atom is -0.488 e. The Morgan fingerprint density at radius 1 is 1.00 bits per heavy atom. The van der Waals surface area contributed by atoms with Gasteiger partial charge in [0, 0.05) is 12.7 Å². The van der Waals surface area contributed by atoms with Crippen LogP contribution < -0.4 is 15.6 Å². The van der Waals surface area contributed by atoms with Gasteiger partial charge in [-0.05, 0) is 42.2 Å². The molecule has 2 aromatic carbocycles. The molecular formula is C23H22N2O3. The van der Waals surface area contributed by atoms with Crippen molar-refractivity contribution in [1.82, 2.24) is 9.88 Å². The molecule has 0 radical (unpaired) electrons. The number of hydrogen-bond acceptors (Lipinski definition) is 3. The summed E-state index contributed by atoms with van der Waals surface area (Å²) in [6, 6.07) is 17.5. The van der Waals surface area contributed by atoms with Crippen LogP contribution in [-0.4, -0.2) is 17.1 Å². The van der Waals surface area contributed by atoms with E-state index in [1.807, 2.05) is 43.3 Å². The van der Waals surface area contributed by atoms with E-state index in [4.69, 9.17) is 4.74 Å². The first-order chi connectivity index (χ1) is 13.7. The van der Waals surface area contributed by atoms with Crippen molar-refractivity contribution in [3.05, 3.63) is 87.8 Å². The van der Waals surface area contributed by atoms with Gasteiger partial charge in [-0.3, -0.25) is 9.59 Å². The molecule has 3 aromatic rings. The number of nitrogens with zero attached hydrogens (tertiary/aromatic N) is 1. The van der Waals surface area contributed by atoms with Crippen molar-refractivity contribution in [3.63, 3.8) is 0 Å². The van der Waals surface area contributed by atoms with Crippen molar-refractivity contribution in [1.29, 1.82) is 0 Å². The van der Waals surface area contributed by atoms with Crippen molar-refractivity contribution in [2.24, 2.45) is 0 Å². The van der Waals surface area contributed by atoms with Crippen molar-refractivity contribution in [2.75, 3.05) is 6.61 Å². The minimum absolute atomic E-state index is 0.101. The molecule has 0 saturated heterocycles. The van der Waals surface area contributed by atoms with Crippen molar-refractivity contribution >= 4 is 5.91 Å². The van der Waals surface area contributed by atoms with Gasteiger partial charge < -0.3 is 14.6 Å². The van der Waals surface area contributed by atoms with E-state index in [1.54, 1.807) is 19.2 Å². The molecule has 0 spiro atoms. The average Bonchev–Trinajstić information content (AvgIpc) is 3.03. The molecule has 0 unspecified atom stereocenters. The molecule has 1 aromatic heterocycles. The predicted molar refractivity (Wildman–Crippen MR) is 109 cm³/mol. The maximum absolute atomic E-state index is 13.1. The SMILES string of the molecule is CCOc1c(C(=O)NC2c3ccccc3-c3ccccc32)ccn(CC)c1=O. The normalized spacial score (nSPS) is 12.4. The molecule has 142 valence electrons. The zero-order valence-electron chi connectivity index (χ0n) is 15.9. The van der Waals surface area contributed by atoms with Crippen LogP contribution in [0.5, 0.6) is 5.75 Å². The Balaban J connectivity index is 1.74. The first-order valence-corrected chi connectivity index (χ1v) is 9.51. The van der Waals surface area contributed by atoms with Crippen LogP contribution in [0.2, 0.25) is 0 Å². The molecular weight excluding hydrogens is 352 g/mol. The third-order valence-electron chi connectivity index (χ3n) is 5.10. The number of pyridine rings is 1. The maximum Gasteiger partial charge on any atom is 0.293 e. The van der Waals surface area contributed by atoms with Crippen LogP contribution in [0.15, 0.2) is 65.6 Å². The van der Waals surface area contributed by atoms with Crippen LogP contribution in [-0.2, 0) is 6.54 Å². The highest BCUT2D eigenvalue weighted by molar-refractivity contribution is 5.98. The number of carbonyl (C=O) groups excluding carboxylic acids is 1. The number of ether oxygens (including phenoxy) is 1. The first kappa shape index (κ1) is 18.0. The van der Waals surface area contributed by atoms with Crippen LogP contribution in [0.3, 0.4) is 0 Å². The van der Waals surface area contributed by atoms with Crippen molar-refractivity contribution in [2.45, 2.75) is 26.4 Å². The molecule has 1 aliphatic rings. The molecule has 5 nitrogen and oxygen atoms in total. The number of fused-ring (bicyclic) bond motifs is 3. The average molecular weight is 374 g/mol. The van der Waals surface area contributed by atoms with Gasteiger partial charge in [0.1, 0.15) is 0 Å². The van der Waals surface area contributed by atoms with Gasteiger partial charge in [0.25, 0.3) is 11.5 Å². The summed E-state index contributed by atoms with van der Waals surface area (Å²) in [5.41, 5.74) is 4.32. The van der Waals surface area contributed by atoms with Crippen LogP contribution in [0, 0.1) is 0 Å². The Morgan fingerprint density at radius 2 is 1.61 bits per heavy atom. The number of nitrogens with one attached hydrogen (secondary N) is 1. The Labute approximate surface area is 163 Å². The van der Waals surface area contributed by atoms with Crippen LogP contribution >= 0.6 is 0 Å². The Hall–Kier alpha value is -3.34. The van der Waals surface area contributed by atoms with Gasteiger partial charge in [0.05, 0.1) is 18.2 Å². The number of benzene rings is 2. The minimum atomic E-state index is -0.319. The predicted octanol–water partition coefficient (Wildman–Crippen LogP) is 3.77. The first-order valence-electron chi connectivity index (χ1n) is 9.51. The molecule has 28 heavy (non-hydrogen) atoms. The summed E-state index contributed by atoms with van der Waals surface area (Å²) in [7, 11) is 0. The lowest BCUT2D eigenvalue weighted by Crippen LogP contribution is -2.31. The lowest BCUT2D eigenvalue weighted by molar-refractivity contribution is 0.0939. The maximum atomic E-state index is 13.1. The molecule has 0 bridgehead atoms. The molecule has 1 amide bonds. The van der Waals surface area contributed by atoms with Crippen LogP contribution in [0.25, 0.3) is 11.1 Å². The third-order valence-corrected chi connectivity index (χ3v) is 5.10. The van der Waals surface area contributed by atoms with E-state index < -0.39 is 0 Å². The van der Waals surface area contributed by atoms with E-state index in [9.17, 15) is 9.59 Å². The van der Waals surface area contributed by atoms with Gasteiger partial charge in [-0.15, -0.1) is 0 Å². The molecule has 1 N–H and O–H groups in total. The number of aryl methyl sites for hydroxylation is 1. The molecule has 1 heterocycles. The smallest absolute Gasteiger partial charge is 0.293 e. The monoisotopic (exact) mass is 374 g/mol. The van der Waals surface area contributed by atoms with E-state index in [0.29, 0.717) is 13.2 Å². The quantitative estimate of drug-likeness (QED) is 0.740. The number of rotatable bonds is 5. The number of carbonyl (C=O) groups is 1. The summed E-state index contributed by atoms with van der Waals surface area (Å²) in [6.45, 7) is 4.51. The van der Waals surface area contributed by atoms with E-state index >= 15 is 0 Å². The second-order valence-corrected chi connectivity index (χ2v) is 6.66. The molecule has 1 aliphatic carbocycles. The Morgan fingerprint density at radius 3 is 2.18 bits per heavy atom. The second kappa shape index (κ2) is 7.35. The number of aromatic nitrogens is 1. The summed E-state index contributed by atoms with van der Waals surface area (Å²) < 4.78 is 7.07. The van der Waals surface area contributed by atoms with Gasteiger partial charge in [0.2, 0.25) is 0 Å². The van der Waals surface area contributed by atoms with E-state index in [-0.39, 0.29) is 28.8 Å². The Kier molecular flexibility index (Phi) is 4.74. The van der Waals surface area contributed by atoms with Crippen molar-refractivity contribution in [3.8, 4) is 16.9 Å². The van der Waals surface area contributed by atoms with Crippen molar-refractivity contribution < 1.29 is 9.53 Å². The fourth-order valence-corrected chi connectivity index (χ4v) is 3.79. The lowest BCUT2D eigenvalue weighted by atomic mass is 10.0. The molecule has 0 saturated carbocycles. The van der Waals surface area contributed by atoms with Gasteiger partial charge >= 0.3 is 0 Å². The summed E-state index contributed by atoms with van der Waals surface area (Å²) >= 11 is 0. The number of hydrogen-bond donors (Lipinski definition) is 1. The molecule has 4 rings (SSSR count). The number of amides is 1. The second-order valence-electron chi connectivity index (χ2n) is 6.66. The summed E-state index contributed by atoms with van der Waals surface area (Å²) in [6.07, 6.45) is 1.64. The molecule has 0 atom stereocenters. The molecule has 0 fully saturated rings. The standard InChI is InChI=1S/C23H22N2O3/c1-3-25-14-13-19(21(23(25)27)28-4-2)22(26)24-20-17-11-7-5-9-15(17)16-10-6-8-12-18(16)20/h5-14,20H,3-4H2,1-2H3,(H,24,26). The largest absolute Gasteiger partial charge is 0.488 e. The van der Waals surface area contributed by atoms with Crippen LogP contribution in [0.4, 0.5) is 0 Å². The highest BCUT2D eigenvalue weighted by Crippen LogP contribution is 2.43. The van der Waals surface area contributed by atoms with Gasteiger partial charge in [-0.1, -0.05) is 48.5 Å². The lowest BCUT2D eigenvalue weighted by Gasteiger charge is -2.18. The van der Waals surface area contributed by atoms with Gasteiger partial charge in [0.15, 0.2) is 5.75 Å². The zero-order chi connectivity index (χ0) is 19.7. The fraction of sp³-hybridized carbons (Fsp3) is 0.217. The fourth-order valence-electron chi connectivity index (χ4n) is 3.79. The Bertz CT molecular complexity index is 1060. The third kappa shape index (κ3) is 2.89. The highest BCUT2D eigenvalue weighted by Gasteiger charge is 2.30. The van der Waals surface area contributed by atoms with E-state index in [2.05, 4.69) is 17.4 Å². The summed E-state index contributed by atoms with van der Waals surface area (Å²) in [4.78, 5) is 25.7. The molecule has 5 heteroatoms. The van der Waals surface area contributed by atoms with Gasteiger partial charge in [-0.2, -0.15) is 0 Å². The topological polar surface area (TPSA) is 60.3 Å². The zero-order valence-corrected chi connectivity index (χ0v) is 15.9. The van der Waals surface area contributed by atoms with E-state index in [0.717, 1.165) is 22.3 Å². The summed E-state index contributed by atoms with van der Waals surface area (Å²) in [5.74, 6) is -0.218.